The average Bonchev–Trinajstić information content (AvgIpc) is 2.86. The highest BCUT2D eigenvalue weighted by Crippen LogP contribution is 2.21. The highest BCUT2D eigenvalue weighted by atomic mass is 32.1. The molecule has 4 nitrogen and oxygen atoms in total. The minimum Gasteiger partial charge on any atom is -0.485 e. The largest absolute Gasteiger partial charge is 0.485 e. The van der Waals surface area contributed by atoms with Gasteiger partial charge in [-0.05, 0) is 19.1 Å². The summed E-state index contributed by atoms with van der Waals surface area (Å²) < 4.78 is 5.76. The van der Waals surface area contributed by atoms with Gasteiger partial charge >= 0.3 is 0 Å². The Bertz CT molecular complexity index is 551. The molecule has 0 unspecified atom stereocenters. The summed E-state index contributed by atoms with van der Waals surface area (Å²) in [4.78, 5) is 8.91. The molecule has 0 aliphatic carbocycles. The number of ether oxygens (including phenoxy) is 1. The third-order valence-electron chi connectivity index (χ3n) is 2.70. The molecule has 2 heterocycles. The Morgan fingerprint density at radius 3 is 2.74 bits per heavy atom. The van der Waals surface area contributed by atoms with Crippen molar-refractivity contribution in [3.05, 3.63) is 39.6 Å². The molecule has 0 amide bonds. The van der Waals surface area contributed by atoms with Crippen LogP contribution in [0.25, 0.3) is 0 Å². The molecular formula is C14H19N3OS. The molecule has 0 aliphatic heterocycles. The fourth-order valence-corrected chi connectivity index (χ4v) is 2.50. The summed E-state index contributed by atoms with van der Waals surface area (Å²) in [6.45, 7) is 7.06. The quantitative estimate of drug-likeness (QED) is 0.912. The number of hydrogen-bond acceptors (Lipinski definition) is 5. The molecule has 2 N–H and O–H groups in total. The molecule has 0 radical (unpaired) electrons. The fraction of sp³-hybridized carbons (Fsp3) is 0.429. The van der Waals surface area contributed by atoms with Crippen molar-refractivity contribution >= 4 is 11.3 Å². The molecule has 0 aliphatic rings. The molecule has 5 heteroatoms. The van der Waals surface area contributed by atoms with E-state index < -0.39 is 0 Å². The molecule has 19 heavy (non-hydrogen) atoms. The van der Waals surface area contributed by atoms with E-state index in [0.29, 0.717) is 19.1 Å². The van der Waals surface area contributed by atoms with E-state index in [9.17, 15) is 0 Å². The highest BCUT2D eigenvalue weighted by Gasteiger charge is 2.08. The van der Waals surface area contributed by atoms with Gasteiger partial charge in [-0.2, -0.15) is 0 Å². The van der Waals surface area contributed by atoms with Crippen LogP contribution in [0.2, 0.25) is 0 Å². The van der Waals surface area contributed by atoms with Crippen LogP contribution in [0.3, 0.4) is 0 Å². The molecule has 2 aromatic rings. The van der Waals surface area contributed by atoms with E-state index in [1.807, 2.05) is 24.4 Å². The SMILES string of the molecule is Cc1ccc(OCc2csc(C(C)C)n2)c(CN)n1. The predicted octanol–water partition coefficient (Wildman–Crippen LogP) is 3.01. The number of nitrogens with two attached hydrogens (primary N) is 1. The number of aromatic nitrogens is 2. The first-order chi connectivity index (χ1) is 9.10. The van der Waals surface area contributed by atoms with E-state index in [1.165, 1.54) is 0 Å². The Morgan fingerprint density at radius 1 is 1.32 bits per heavy atom. The second kappa shape index (κ2) is 6.12. The Kier molecular flexibility index (Phi) is 4.50. The van der Waals surface area contributed by atoms with E-state index in [1.54, 1.807) is 11.3 Å². The van der Waals surface area contributed by atoms with Crippen molar-refractivity contribution in [2.24, 2.45) is 5.73 Å². The van der Waals surface area contributed by atoms with Gasteiger partial charge in [-0.1, -0.05) is 13.8 Å². The molecule has 0 aromatic carbocycles. The fourth-order valence-electron chi connectivity index (χ4n) is 1.68. The van der Waals surface area contributed by atoms with Crippen molar-refractivity contribution < 1.29 is 4.74 Å². The van der Waals surface area contributed by atoms with Crippen LogP contribution in [0.1, 0.15) is 41.9 Å². The summed E-state index contributed by atoms with van der Waals surface area (Å²) in [5.74, 6) is 1.20. The zero-order valence-electron chi connectivity index (χ0n) is 11.5. The smallest absolute Gasteiger partial charge is 0.142 e. The molecule has 0 fully saturated rings. The maximum Gasteiger partial charge on any atom is 0.142 e. The molecular weight excluding hydrogens is 258 g/mol. The molecule has 102 valence electrons. The third-order valence-corrected chi connectivity index (χ3v) is 3.90. The van der Waals surface area contributed by atoms with E-state index in [2.05, 4.69) is 23.8 Å². The lowest BCUT2D eigenvalue weighted by Gasteiger charge is -2.09. The van der Waals surface area contributed by atoms with Gasteiger partial charge in [0, 0.05) is 23.5 Å². The van der Waals surface area contributed by atoms with E-state index in [4.69, 9.17) is 10.5 Å². The van der Waals surface area contributed by atoms with Crippen LogP contribution >= 0.6 is 11.3 Å². The van der Waals surface area contributed by atoms with Gasteiger partial charge in [0.2, 0.25) is 0 Å². The van der Waals surface area contributed by atoms with Gasteiger partial charge < -0.3 is 10.5 Å². The van der Waals surface area contributed by atoms with Crippen LogP contribution in [-0.2, 0) is 13.2 Å². The van der Waals surface area contributed by atoms with Gasteiger partial charge in [0.15, 0.2) is 0 Å². The maximum atomic E-state index is 5.76. The molecule has 0 saturated carbocycles. The van der Waals surface area contributed by atoms with Gasteiger partial charge in [0.1, 0.15) is 12.4 Å². The highest BCUT2D eigenvalue weighted by molar-refractivity contribution is 7.09. The van der Waals surface area contributed by atoms with E-state index in [0.717, 1.165) is 27.8 Å². The minimum absolute atomic E-state index is 0.380. The Hall–Kier alpha value is -1.46. The van der Waals surface area contributed by atoms with E-state index >= 15 is 0 Å². The number of nitrogens with zero attached hydrogens (tertiary/aromatic N) is 2. The average molecular weight is 277 g/mol. The first kappa shape index (κ1) is 14.0. The predicted molar refractivity (Wildman–Crippen MR) is 77.4 cm³/mol. The van der Waals surface area contributed by atoms with Crippen LogP contribution in [0.15, 0.2) is 17.5 Å². The van der Waals surface area contributed by atoms with Crippen molar-refractivity contribution in [1.82, 2.24) is 9.97 Å². The third kappa shape index (κ3) is 3.52. The summed E-state index contributed by atoms with van der Waals surface area (Å²) in [6, 6.07) is 3.84. The monoisotopic (exact) mass is 277 g/mol. The van der Waals surface area contributed by atoms with Crippen LogP contribution in [0.5, 0.6) is 5.75 Å². The Balaban J connectivity index is 2.05. The minimum atomic E-state index is 0.380. The van der Waals surface area contributed by atoms with Gasteiger partial charge in [-0.15, -0.1) is 11.3 Å². The molecule has 0 saturated heterocycles. The van der Waals surface area contributed by atoms with Crippen LogP contribution in [0.4, 0.5) is 0 Å². The van der Waals surface area contributed by atoms with Crippen molar-refractivity contribution in [2.45, 2.75) is 39.8 Å². The Labute approximate surface area is 117 Å². The van der Waals surface area contributed by atoms with Gasteiger partial charge in [0.05, 0.1) is 16.4 Å². The lowest BCUT2D eigenvalue weighted by molar-refractivity contribution is 0.297. The summed E-state index contributed by atoms with van der Waals surface area (Å²) in [5, 5.41) is 3.18. The first-order valence-electron chi connectivity index (χ1n) is 6.34. The van der Waals surface area contributed by atoms with Crippen molar-refractivity contribution in [1.29, 1.82) is 0 Å². The topological polar surface area (TPSA) is 61.0 Å². The summed E-state index contributed by atoms with van der Waals surface area (Å²) in [5.41, 5.74) is 8.37. The van der Waals surface area contributed by atoms with Crippen LogP contribution in [-0.4, -0.2) is 9.97 Å². The maximum absolute atomic E-state index is 5.76. The summed E-state index contributed by atoms with van der Waals surface area (Å²) in [7, 11) is 0. The standard InChI is InChI=1S/C14H19N3OS/c1-9(2)14-17-11(8-19-14)7-18-13-5-4-10(3)16-12(13)6-15/h4-5,8-9H,6-7,15H2,1-3H3. The molecule has 0 spiro atoms. The lowest BCUT2D eigenvalue weighted by Crippen LogP contribution is -2.06. The summed E-state index contributed by atoms with van der Waals surface area (Å²) >= 11 is 1.67. The van der Waals surface area contributed by atoms with Crippen molar-refractivity contribution in [3.8, 4) is 5.75 Å². The molecule has 0 bridgehead atoms. The summed E-state index contributed by atoms with van der Waals surface area (Å²) in [6.07, 6.45) is 0. The van der Waals surface area contributed by atoms with E-state index in [-0.39, 0.29) is 0 Å². The first-order valence-corrected chi connectivity index (χ1v) is 7.21. The van der Waals surface area contributed by atoms with Gasteiger partial charge in [-0.3, -0.25) is 4.98 Å². The number of pyridine rings is 1. The number of thiazole rings is 1. The van der Waals surface area contributed by atoms with Crippen molar-refractivity contribution in [3.63, 3.8) is 0 Å². The van der Waals surface area contributed by atoms with Crippen LogP contribution < -0.4 is 10.5 Å². The van der Waals surface area contributed by atoms with Gasteiger partial charge in [0.25, 0.3) is 0 Å². The molecule has 2 rings (SSSR count). The zero-order valence-corrected chi connectivity index (χ0v) is 12.3. The number of hydrogen-bond donors (Lipinski definition) is 1. The van der Waals surface area contributed by atoms with Crippen LogP contribution in [0, 0.1) is 6.92 Å². The normalized spacial score (nSPS) is 11.0. The zero-order chi connectivity index (χ0) is 13.8. The van der Waals surface area contributed by atoms with Gasteiger partial charge in [-0.25, -0.2) is 4.98 Å². The lowest BCUT2D eigenvalue weighted by atomic mass is 10.2. The Morgan fingerprint density at radius 2 is 2.11 bits per heavy atom. The molecule has 0 atom stereocenters. The number of aryl methyl sites for hydroxylation is 1. The second-order valence-corrected chi connectivity index (χ2v) is 5.61. The van der Waals surface area contributed by atoms with Crippen molar-refractivity contribution in [2.75, 3.05) is 0 Å². The second-order valence-electron chi connectivity index (χ2n) is 4.72. The molecule has 2 aromatic heterocycles. The number of rotatable bonds is 5.